The molecule has 2 rings (SSSR count). The molecule has 1 aromatic carbocycles. The number of thioether (sulfide) groups is 1. The summed E-state index contributed by atoms with van der Waals surface area (Å²) in [5.74, 6) is 1.35. The molecule has 1 aromatic rings. The highest BCUT2D eigenvalue weighted by Crippen LogP contribution is 2.27. The highest BCUT2D eigenvalue weighted by Gasteiger charge is 2.28. The first-order chi connectivity index (χ1) is 12.4. The van der Waals surface area contributed by atoms with Crippen molar-refractivity contribution in [2.45, 2.75) is 62.8 Å². The Morgan fingerprint density at radius 3 is 2.46 bits per heavy atom. The minimum Gasteiger partial charge on any atom is -0.325 e. The van der Waals surface area contributed by atoms with Crippen LogP contribution in [0.3, 0.4) is 0 Å². The highest BCUT2D eigenvalue weighted by molar-refractivity contribution is 7.99. The summed E-state index contributed by atoms with van der Waals surface area (Å²) in [6, 6.07) is 6.57. The molecule has 1 fully saturated rings. The number of sulfonamides is 1. The molecular formula is C19H30N2O3S2. The zero-order valence-electron chi connectivity index (χ0n) is 15.7. The number of amides is 1. The number of hydrogen-bond acceptors (Lipinski definition) is 4. The quantitative estimate of drug-likeness (QED) is 0.636. The summed E-state index contributed by atoms with van der Waals surface area (Å²) in [4.78, 5) is 12.2. The summed E-state index contributed by atoms with van der Waals surface area (Å²) >= 11 is 1.62. The number of rotatable bonds is 9. The second-order valence-electron chi connectivity index (χ2n) is 6.79. The Labute approximate surface area is 162 Å². The lowest BCUT2D eigenvalue weighted by molar-refractivity contribution is -0.113. The standard InChI is InChI=1S/C19H30N2O3S2/c1-3-4-14-25-15-19(22)20-16-10-12-18(13-11-16)26(23,24)21(2)17-8-6-5-7-9-17/h10-13,17H,3-9,14-15H2,1-2H3,(H,20,22). The predicted octanol–water partition coefficient (Wildman–Crippen LogP) is 4.11. The number of benzene rings is 1. The van der Waals surface area contributed by atoms with Crippen LogP contribution in [0.15, 0.2) is 29.2 Å². The summed E-state index contributed by atoms with van der Waals surface area (Å²) in [6.07, 6.45) is 7.46. The molecule has 0 radical (unpaired) electrons. The maximum absolute atomic E-state index is 12.8. The number of nitrogens with one attached hydrogen (secondary N) is 1. The summed E-state index contributed by atoms with van der Waals surface area (Å²) in [5, 5.41) is 2.82. The fourth-order valence-electron chi connectivity index (χ4n) is 3.13. The fraction of sp³-hybridized carbons (Fsp3) is 0.632. The Morgan fingerprint density at radius 1 is 1.19 bits per heavy atom. The van der Waals surface area contributed by atoms with E-state index in [2.05, 4.69) is 12.2 Å². The average molecular weight is 399 g/mol. The first-order valence-corrected chi connectivity index (χ1v) is 12.0. The zero-order chi connectivity index (χ0) is 19.0. The van der Waals surface area contributed by atoms with Crippen molar-refractivity contribution in [1.82, 2.24) is 4.31 Å². The number of unbranched alkanes of at least 4 members (excludes halogenated alkanes) is 1. The van der Waals surface area contributed by atoms with Gasteiger partial charge in [-0.25, -0.2) is 8.42 Å². The van der Waals surface area contributed by atoms with Gasteiger partial charge in [-0.05, 0) is 49.3 Å². The maximum atomic E-state index is 12.8. The third-order valence-electron chi connectivity index (χ3n) is 4.78. The Bertz CT molecular complexity index is 669. The van der Waals surface area contributed by atoms with Gasteiger partial charge in [-0.3, -0.25) is 4.79 Å². The molecule has 0 saturated heterocycles. The topological polar surface area (TPSA) is 66.5 Å². The van der Waals surface area contributed by atoms with Gasteiger partial charge >= 0.3 is 0 Å². The molecule has 0 spiro atoms. The van der Waals surface area contributed by atoms with E-state index >= 15 is 0 Å². The molecule has 26 heavy (non-hydrogen) atoms. The molecule has 0 aromatic heterocycles. The van der Waals surface area contributed by atoms with Crippen LogP contribution in [0.1, 0.15) is 51.9 Å². The van der Waals surface area contributed by atoms with Gasteiger partial charge in [0, 0.05) is 18.8 Å². The molecule has 146 valence electrons. The van der Waals surface area contributed by atoms with E-state index in [1.807, 2.05) is 0 Å². The van der Waals surface area contributed by atoms with Crippen LogP contribution in [0.2, 0.25) is 0 Å². The lowest BCUT2D eigenvalue weighted by atomic mass is 9.96. The summed E-state index contributed by atoms with van der Waals surface area (Å²) in [7, 11) is -1.81. The summed E-state index contributed by atoms with van der Waals surface area (Å²) < 4.78 is 27.1. The van der Waals surface area contributed by atoms with Gasteiger partial charge in [-0.15, -0.1) is 0 Å². The molecule has 0 bridgehead atoms. The third-order valence-corrected chi connectivity index (χ3v) is 7.75. The lowest BCUT2D eigenvalue weighted by Gasteiger charge is -2.30. The van der Waals surface area contributed by atoms with Crippen LogP contribution in [0.4, 0.5) is 5.69 Å². The van der Waals surface area contributed by atoms with Crippen molar-refractivity contribution in [1.29, 1.82) is 0 Å². The molecule has 1 aliphatic carbocycles. The molecule has 0 atom stereocenters. The van der Waals surface area contributed by atoms with Gasteiger partial charge in [0.05, 0.1) is 10.6 Å². The van der Waals surface area contributed by atoms with Gasteiger partial charge in [-0.1, -0.05) is 32.6 Å². The Balaban J connectivity index is 1.94. The van der Waals surface area contributed by atoms with Crippen LogP contribution in [-0.4, -0.2) is 43.2 Å². The van der Waals surface area contributed by atoms with Crippen LogP contribution in [-0.2, 0) is 14.8 Å². The molecule has 0 aliphatic heterocycles. The van der Waals surface area contributed by atoms with E-state index in [9.17, 15) is 13.2 Å². The van der Waals surface area contributed by atoms with Crippen LogP contribution < -0.4 is 5.32 Å². The Hall–Kier alpha value is -1.05. The summed E-state index contributed by atoms with van der Waals surface area (Å²) in [6.45, 7) is 2.13. The maximum Gasteiger partial charge on any atom is 0.243 e. The summed E-state index contributed by atoms with van der Waals surface area (Å²) in [5.41, 5.74) is 0.630. The van der Waals surface area contributed by atoms with Gasteiger partial charge in [0.1, 0.15) is 0 Å². The zero-order valence-corrected chi connectivity index (χ0v) is 17.4. The van der Waals surface area contributed by atoms with Crippen molar-refractivity contribution in [2.75, 3.05) is 23.9 Å². The normalized spacial score (nSPS) is 16.0. The van der Waals surface area contributed by atoms with Gasteiger partial charge in [0.2, 0.25) is 15.9 Å². The van der Waals surface area contributed by atoms with Crippen LogP contribution in [0, 0.1) is 0 Å². The number of carbonyl (C=O) groups is 1. The van der Waals surface area contributed by atoms with Crippen molar-refractivity contribution < 1.29 is 13.2 Å². The molecule has 7 heteroatoms. The van der Waals surface area contributed by atoms with Crippen molar-refractivity contribution in [2.24, 2.45) is 0 Å². The van der Waals surface area contributed by atoms with Gasteiger partial charge in [0.25, 0.3) is 0 Å². The van der Waals surface area contributed by atoms with Crippen molar-refractivity contribution >= 4 is 33.4 Å². The van der Waals surface area contributed by atoms with E-state index in [1.54, 1.807) is 43.1 Å². The Morgan fingerprint density at radius 2 is 1.85 bits per heavy atom. The smallest absolute Gasteiger partial charge is 0.243 e. The van der Waals surface area contributed by atoms with Crippen molar-refractivity contribution in [3.63, 3.8) is 0 Å². The van der Waals surface area contributed by atoms with E-state index in [-0.39, 0.29) is 16.8 Å². The second-order valence-corrected chi connectivity index (χ2v) is 9.89. The Kier molecular flexibility index (Phi) is 8.44. The number of anilines is 1. The monoisotopic (exact) mass is 398 g/mol. The van der Waals surface area contributed by atoms with Gasteiger partial charge in [-0.2, -0.15) is 16.1 Å². The van der Waals surface area contributed by atoms with E-state index in [4.69, 9.17) is 0 Å². The van der Waals surface area contributed by atoms with Gasteiger partial charge < -0.3 is 5.32 Å². The molecule has 1 amide bonds. The first kappa shape index (κ1) is 21.3. The van der Waals surface area contributed by atoms with E-state index in [0.29, 0.717) is 11.4 Å². The van der Waals surface area contributed by atoms with E-state index < -0.39 is 10.0 Å². The minimum atomic E-state index is -3.49. The molecule has 1 aliphatic rings. The van der Waals surface area contributed by atoms with E-state index in [0.717, 1.165) is 44.3 Å². The lowest BCUT2D eigenvalue weighted by Crippen LogP contribution is -2.38. The van der Waals surface area contributed by atoms with Crippen LogP contribution in [0.25, 0.3) is 0 Å². The van der Waals surface area contributed by atoms with Crippen LogP contribution in [0.5, 0.6) is 0 Å². The SMILES string of the molecule is CCCCSCC(=O)Nc1ccc(S(=O)(=O)N(C)C2CCCCC2)cc1. The third kappa shape index (κ3) is 5.99. The molecule has 0 heterocycles. The highest BCUT2D eigenvalue weighted by atomic mass is 32.2. The average Bonchev–Trinajstić information content (AvgIpc) is 2.66. The van der Waals surface area contributed by atoms with Crippen molar-refractivity contribution in [3.8, 4) is 0 Å². The second kappa shape index (κ2) is 10.3. The van der Waals surface area contributed by atoms with Gasteiger partial charge in [0.15, 0.2) is 0 Å². The predicted molar refractivity (Wildman–Crippen MR) is 109 cm³/mol. The molecule has 1 N–H and O–H groups in total. The van der Waals surface area contributed by atoms with Crippen LogP contribution >= 0.6 is 11.8 Å². The minimum absolute atomic E-state index is 0.0546. The molecule has 5 nitrogen and oxygen atoms in total. The fourth-order valence-corrected chi connectivity index (χ4v) is 5.44. The number of hydrogen-bond donors (Lipinski definition) is 1. The number of carbonyl (C=O) groups excluding carboxylic acids is 1. The van der Waals surface area contributed by atoms with E-state index in [1.165, 1.54) is 10.7 Å². The molecule has 0 unspecified atom stereocenters. The molecular weight excluding hydrogens is 368 g/mol. The largest absolute Gasteiger partial charge is 0.325 e. The first-order valence-electron chi connectivity index (χ1n) is 9.41. The number of nitrogens with zero attached hydrogens (tertiary/aromatic N) is 1. The van der Waals surface area contributed by atoms with Crippen molar-refractivity contribution in [3.05, 3.63) is 24.3 Å². The molecule has 1 saturated carbocycles.